The Bertz CT molecular complexity index is 1270. The molecular weight excluding hydrogens is 427 g/mol. The maximum Gasteiger partial charge on any atom is 0.290 e. The van der Waals surface area contributed by atoms with E-state index in [1.807, 2.05) is 36.4 Å². The van der Waals surface area contributed by atoms with Gasteiger partial charge in [0.15, 0.2) is 0 Å². The van der Waals surface area contributed by atoms with Crippen molar-refractivity contribution in [3.8, 4) is 11.1 Å². The largest absolute Gasteiger partial charge is 0.367 e. The molecule has 0 aliphatic carbocycles. The van der Waals surface area contributed by atoms with Gasteiger partial charge in [0.25, 0.3) is 11.1 Å². The van der Waals surface area contributed by atoms with Crippen LogP contribution in [0.3, 0.4) is 0 Å². The Labute approximate surface area is 189 Å². The van der Waals surface area contributed by atoms with Crippen molar-refractivity contribution in [1.29, 1.82) is 0 Å². The number of nitrogens with zero attached hydrogens (tertiary/aromatic N) is 3. The Balaban J connectivity index is 1.51. The van der Waals surface area contributed by atoms with E-state index in [1.165, 1.54) is 0 Å². The van der Waals surface area contributed by atoms with Crippen LogP contribution in [0, 0.1) is 5.82 Å². The van der Waals surface area contributed by atoms with E-state index in [2.05, 4.69) is 27.1 Å². The number of thioether (sulfide) groups is 1. The molecule has 2 aliphatic rings. The van der Waals surface area contributed by atoms with Gasteiger partial charge in [-0.2, -0.15) is 0 Å². The van der Waals surface area contributed by atoms with Crippen molar-refractivity contribution in [3.63, 3.8) is 0 Å². The molecule has 2 aromatic carbocycles. The predicted molar refractivity (Wildman–Crippen MR) is 126 cm³/mol. The van der Waals surface area contributed by atoms with E-state index in [0.29, 0.717) is 16.3 Å². The summed E-state index contributed by atoms with van der Waals surface area (Å²) >= 11 is 0.856. The maximum atomic E-state index is 15.1. The van der Waals surface area contributed by atoms with Crippen molar-refractivity contribution in [3.05, 3.63) is 65.1 Å². The molecule has 32 heavy (non-hydrogen) atoms. The van der Waals surface area contributed by atoms with Gasteiger partial charge in [-0.1, -0.05) is 24.3 Å². The summed E-state index contributed by atoms with van der Waals surface area (Å²) in [4.78, 5) is 32.3. The minimum Gasteiger partial charge on any atom is -0.367 e. The number of rotatable bonds is 3. The third-order valence-electron chi connectivity index (χ3n) is 5.81. The van der Waals surface area contributed by atoms with Gasteiger partial charge in [-0.3, -0.25) is 19.9 Å². The van der Waals surface area contributed by atoms with Crippen molar-refractivity contribution >= 4 is 45.4 Å². The average molecular weight is 449 g/mol. The van der Waals surface area contributed by atoms with Crippen LogP contribution in [0.5, 0.6) is 0 Å². The number of anilines is 1. The lowest BCUT2D eigenvalue weighted by Gasteiger charge is -2.34. The number of aromatic nitrogens is 1. The molecule has 0 radical (unpaired) electrons. The Hall–Kier alpha value is -3.23. The van der Waals surface area contributed by atoms with Crippen molar-refractivity contribution in [2.75, 3.05) is 38.1 Å². The van der Waals surface area contributed by atoms with E-state index in [1.54, 1.807) is 18.3 Å². The SMILES string of the molecule is CN1CCN(c2ccc(-c3cccc4cnc(C=C5SC(=O)NC5=O)cc34)cc2F)CC1. The number of pyridine rings is 1. The quantitative estimate of drug-likeness (QED) is 0.608. The molecule has 0 saturated carbocycles. The lowest BCUT2D eigenvalue weighted by Crippen LogP contribution is -2.44. The number of fused-ring (bicyclic) bond motifs is 1. The van der Waals surface area contributed by atoms with Crippen LogP contribution in [0.2, 0.25) is 0 Å². The lowest BCUT2D eigenvalue weighted by molar-refractivity contribution is -0.115. The third-order valence-corrected chi connectivity index (χ3v) is 6.62. The second kappa shape index (κ2) is 8.37. The number of hydrogen-bond donors (Lipinski definition) is 1. The van der Waals surface area contributed by atoms with Crippen LogP contribution in [-0.4, -0.2) is 54.3 Å². The number of nitrogens with one attached hydrogen (secondary N) is 1. The average Bonchev–Trinajstić information content (AvgIpc) is 3.10. The Kier molecular flexibility index (Phi) is 5.40. The molecule has 162 valence electrons. The smallest absolute Gasteiger partial charge is 0.290 e. The topological polar surface area (TPSA) is 65.5 Å². The lowest BCUT2D eigenvalue weighted by atomic mass is 9.98. The van der Waals surface area contributed by atoms with E-state index in [9.17, 15) is 9.59 Å². The number of likely N-dealkylation sites (N-methyl/N-ethyl adjacent to an activating group) is 1. The second-order valence-corrected chi connectivity index (χ2v) is 8.96. The molecule has 2 aliphatic heterocycles. The first kappa shape index (κ1) is 20.7. The van der Waals surface area contributed by atoms with Crippen LogP contribution in [0.15, 0.2) is 53.6 Å². The summed E-state index contributed by atoms with van der Waals surface area (Å²) in [5, 5.41) is 3.66. The van der Waals surface area contributed by atoms with E-state index < -0.39 is 11.1 Å². The maximum absolute atomic E-state index is 15.1. The van der Waals surface area contributed by atoms with Crippen LogP contribution in [0.25, 0.3) is 28.0 Å². The number of hydrogen-bond acceptors (Lipinski definition) is 6. The van der Waals surface area contributed by atoms with Crippen molar-refractivity contribution in [2.24, 2.45) is 0 Å². The summed E-state index contributed by atoms with van der Waals surface area (Å²) < 4.78 is 15.1. The summed E-state index contributed by atoms with van der Waals surface area (Å²) in [7, 11) is 2.08. The fourth-order valence-corrected chi connectivity index (χ4v) is 4.72. The summed E-state index contributed by atoms with van der Waals surface area (Å²) in [6, 6.07) is 13.1. The van der Waals surface area contributed by atoms with Gasteiger partial charge in [0.1, 0.15) is 5.82 Å². The first-order chi connectivity index (χ1) is 15.5. The molecule has 0 spiro atoms. The minimum absolute atomic E-state index is 0.238. The Morgan fingerprint density at radius 3 is 2.62 bits per heavy atom. The van der Waals surface area contributed by atoms with Crippen molar-refractivity contribution < 1.29 is 14.0 Å². The number of amides is 2. The van der Waals surface area contributed by atoms with Gasteiger partial charge in [-0.15, -0.1) is 0 Å². The van der Waals surface area contributed by atoms with Crippen LogP contribution in [-0.2, 0) is 4.79 Å². The number of halogens is 1. The van der Waals surface area contributed by atoms with Crippen molar-refractivity contribution in [1.82, 2.24) is 15.2 Å². The predicted octanol–water partition coefficient (Wildman–Crippen LogP) is 4.12. The highest BCUT2D eigenvalue weighted by Crippen LogP contribution is 2.33. The van der Waals surface area contributed by atoms with Crippen LogP contribution >= 0.6 is 11.8 Å². The van der Waals surface area contributed by atoms with Crippen LogP contribution in [0.1, 0.15) is 5.69 Å². The molecular formula is C24H21FN4O2S. The van der Waals surface area contributed by atoms with Gasteiger partial charge in [0.2, 0.25) is 0 Å². The molecule has 5 rings (SSSR count). The number of piperazine rings is 1. The number of imide groups is 1. The molecule has 0 unspecified atom stereocenters. The van der Waals surface area contributed by atoms with Gasteiger partial charge in [-0.25, -0.2) is 4.39 Å². The second-order valence-electron chi connectivity index (χ2n) is 7.94. The molecule has 2 amide bonds. The van der Waals surface area contributed by atoms with Crippen molar-refractivity contribution in [2.45, 2.75) is 0 Å². The third kappa shape index (κ3) is 3.99. The van der Waals surface area contributed by atoms with Gasteiger partial charge in [0, 0.05) is 37.8 Å². The molecule has 3 heterocycles. The highest BCUT2D eigenvalue weighted by Gasteiger charge is 2.25. The van der Waals surface area contributed by atoms with Gasteiger partial charge >= 0.3 is 0 Å². The Morgan fingerprint density at radius 2 is 1.91 bits per heavy atom. The zero-order chi connectivity index (χ0) is 22.2. The highest BCUT2D eigenvalue weighted by atomic mass is 32.2. The summed E-state index contributed by atoms with van der Waals surface area (Å²) in [6.45, 7) is 3.44. The summed E-state index contributed by atoms with van der Waals surface area (Å²) in [5.41, 5.74) is 2.85. The van der Waals surface area contributed by atoms with E-state index in [0.717, 1.165) is 59.8 Å². The minimum atomic E-state index is -0.420. The standard InChI is InChI=1S/C24H21FN4O2S/c1-28-7-9-29(10-8-28)21-6-5-15(11-20(21)25)18-4-2-3-16-14-26-17(12-19(16)18)13-22-23(30)27-24(31)32-22/h2-6,11-14H,7-10H2,1H3,(H,27,30,31). The molecule has 0 atom stereocenters. The number of carbonyl (C=O) groups excluding carboxylic acids is 2. The molecule has 8 heteroatoms. The zero-order valence-corrected chi connectivity index (χ0v) is 18.3. The first-order valence-corrected chi connectivity index (χ1v) is 11.2. The summed E-state index contributed by atoms with van der Waals surface area (Å²) in [5.74, 6) is -0.658. The molecule has 6 nitrogen and oxygen atoms in total. The fourth-order valence-electron chi connectivity index (χ4n) is 4.05. The summed E-state index contributed by atoms with van der Waals surface area (Å²) in [6.07, 6.45) is 3.32. The molecule has 1 aromatic heterocycles. The fraction of sp³-hybridized carbons (Fsp3) is 0.208. The van der Waals surface area contributed by atoms with Gasteiger partial charge < -0.3 is 9.80 Å². The van der Waals surface area contributed by atoms with Gasteiger partial charge in [0.05, 0.1) is 16.3 Å². The first-order valence-electron chi connectivity index (χ1n) is 10.3. The van der Waals surface area contributed by atoms with E-state index in [-0.39, 0.29) is 5.82 Å². The molecule has 0 bridgehead atoms. The van der Waals surface area contributed by atoms with Gasteiger partial charge in [-0.05, 0) is 59.6 Å². The van der Waals surface area contributed by atoms with Crippen LogP contribution < -0.4 is 10.2 Å². The number of carbonyl (C=O) groups is 2. The molecule has 2 saturated heterocycles. The molecule has 3 aromatic rings. The van der Waals surface area contributed by atoms with E-state index >= 15 is 4.39 Å². The highest BCUT2D eigenvalue weighted by molar-refractivity contribution is 8.18. The molecule has 1 N–H and O–H groups in total. The number of benzene rings is 2. The zero-order valence-electron chi connectivity index (χ0n) is 17.5. The monoisotopic (exact) mass is 448 g/mol. The molecule has 2 fully saturated rings. The van der Waals surface area contributed by atoms with E-state index in [4.69, 9.17) is 0 Å². The van der Waals surface area contributed by atoms with Crippen LogP contribution in [0.4, 0.5) is 14.9 Å². The normalized spacial score (nSPS) is 18.6. The Morgan fingerprint density at radius 1 is 1.09 bits per heavy atom.